The molecule has 0 spiro atoms. The van der Waals surface area contributed by atoms with Crippen LogP contribution in [-0.4, -0.2) is 23.6 Å². The van der Waals surface area contributed by atoms with E-state index in [1.165, 1.54) is 6.08 Å². The van der Waals surface area contributed by atoms with Gasteiger partial charge < -0.3 is 14.6 Å². The van der Waals surface area contributed by atoms with Gasteiger partial charge in [-0.15, -0.1) is 0 Å². The number of carbonyl (C=O) groups is 1. The van der Waals surface area contributed by atoms with Gasteiger partial charge in [-0.1, -0.05) is 12.1 Å². The number of allylic oxidation sites excluding steroid dienone is 1. The first-order valence-corrected chi connectivity index (χ1v) is 8.00. The second kappa shape index (κ2) is 6.48. The van der Waals surface area contributed by atoms with Crippen LogP contribution in [0.15, 0.2) is 48.6 Å². The van der Waals surface area contributed by atoms with Crippen molar-refractivity contribution in [1.82, 2.24) is 0 Å². The third-order valence-corrected chi connectivity index (χ3v) is 4.00. The molecule has 4 nitrogen and oxygen atoms in total. The smallest absolute Gasteiger partial charge is 0.185 e. The number of benzene rings is 2. The third-order valence-electron chi connectivity index (χ3n) is 4.00. The maximum absolute atomic E-state index is 12.3. The molecule has 0 fully saturated rings. The minimum atomic E-state index is -0.404. The number of ketones is 1. The van der Waals surface area contributed by atoms with Crippen LogP contribution in [0.1, 0.15) is 35.3 Å². The predicted octanol–water partition coefficient (Wildman–Crippen LogP) is 4.48. The molecule has 3 rings (SSSR count). The van der Waals surface area contributed by atoms with Gasteiger partial charge in [-0.25, -0.2) is 0 Å². The van der Waals surface area contributed by atoms with Gasteiger partial charge in [0, 0.05) is 11.1 Å². The molecule has 2 aromatic rings. The van der Waals surface area contributed by atoms with Crippen molar-refractivity contribution in [3.05, 3.63) is 65.2 Å². The molecule has 2 aromatic carbocycles. The summed E-state index contributed by atoms with van der Waals surface area (Å²) >= 11 is 0. The van der Waals surface area contributed by atoms with Crippen LogP contribution in [0.4, 0.5) is 0 Å². The van der Waals surface area contributed by atoms with E-state index < -0.39 is 5.60 Å². The molecule has 0 saturated carbocycles. The first-order valence-electron chi connectivity index (χ1n) is 8.00. The molecule has 0 unspecified atom stereocenters. The van der Waals surface area contributed by atoms with Crippen molar-refractivity contribution in [1.29, 1.82) is 0 Å². The van der Waals surface area contributed by atoms with Gasteiger partial charge in [-0.05, 0) is 62.4 Å². The van der Waals surface area contributed by atoms with Crippen molar-refractivity contribution in [3.63, 3.8) is 0 Å². The Kier molecular flexibility index (Phi) is 4.36. The molecule has 0 aliphatic carbocycles. The summed E-state index contributed by atoms with van der Waals surface area (Å²) in [6, 6.07) is 10.5. The fourth-order valence-electron chi connectivity index (χ4n) is 2.63. The van der Waals surface area contributed by atoms with Crippen LogP contribution < -0.4 is 9.47 Å². The minimum absolute atomic E-state index is 0.0962. The Morgan fingerprint density at radius 3 is 2.80 bits per heavy atom. The third kappa shape index (κ3) is 3.58. The number of hydrogen-bond donors (Lipinski definition) is 1. The summed E-state index contributed by atoms with van der Waals surface area (Å²) in [5, 5.41) is 10.5. The number of fused-ring (bicyclic) bond motifs is 1. The molecule has 0 atom stereocenters. The fraction of sp³-hybridized carbons (Fsp3) is 0.190. The Labute approximate surface area is 147 Å². The molecular weight excluding hydrogens is 316 g/mol. The van der Waals surface area contributed by atoms with Gasteiger partial charge >= 0.3 is 0 Å². The van der Waals surface area contributed by atoms with Gasteiger partial charge in [0.15, 0.2) is 5.78 Å². The number of phenolic OH excluding ortho intramolecular Hbond substituents is 1. The van der Waals surface area contributed by atoms with Gasteiger partial charge in [-0.3, -0.25) is 4.79 Å². The van der Waals surface area contributed by atoms with Crippen molar-refractivity contribution in [2.45, 2.75) is 19.4 Å². The number of ether oxygens (including phenoxy) is 2. The zero-order valence-electron chi connectivity index (χ0n) is 14.4. The van der Waals surface area contributed by atoms with E-state index in [9.17, 15) is 9.90 Å². The standard InChI is InChI=1S/C21H20O4/c1-21(2)12-11-17-19(25-21)10-8-14(20(17)23)7-9-18(22)15-5-4-6-16(13-15)24-3/h4-13,23H,1-3H3/b9-7+. The minimum Gasteiger partial charge on any atom is -0.507 e. The molecular formula is C21H20O4. The highest BCUT2D eigenvalue weighted by molar-refractivity contribution is 6.07. The largest absolute Gasteiger partial charge is 0.507 e. The highest BCUT2D eigenvalue weighted by Gasteiger charge is 2.23. The molecule has 1 heterocycles. The van der Waals surface area contributed by atoms with Crippen LogP contribution in [0.5, 0.6) is 17.2 Å². The molecule has 0 radical (unpaired) electrons. The summed E-state index contributed by atoms with van der Waals surface area (Å²) in [6.45, 7) is 3.90. The molecule has 0 saturated heterocycles. The van der Waals surface area contributed by atoms with Gasteiger partial charge in [0.1, 0.15) is 22.8 Å². The van der Waals surface area contributed by atoms with Crippen LogP contribution in [0, 0.1) is 0 Å². The molecule has 1 aliphatic heterocycles. The molecule has 128 valence electrons. The van der Waals surface area contributed by atoms with Gasteiger partial charge in [0.25, 0.3) is 0 Å². The van der Waals surface area contributed by atoms with Crippen molar-refractivity contribution in [3.8, 4) is 17.2 Å². The van der Waals surface area contributed by atoms with Crippen molar-refractivity contribution >= 4 is 17.9 Å². The first-order chi connectivity index (χ1) is 11.9. The second-order valence-electron chi connectivity index (χ2n) is 6.38. The van der Waals surface area contributed by atoms with Crippen LogP contribution in [0.2, 0.25) is 0 Å². The number of rotatable bonds is 4. The average Bonchev–Trinajstić information content (AvgIpc) is 2.60. The summed E-state index contributed by atoms with van der Waals surface area (Å²) in [4.78, 5) is 12.3. The number of aromatic hydroxyl groups is 1. The highest BCUT2D eigenvalue weighted by Crippen LogP contribution is 2.38. The topological polar surface area (TPSA) is 55.8 Å². The second-order valence-corrected chi connectivity index (χ2v) is 6.38. The summed E-state index contributed by atoms with van der Waals surface area (Å²) in [5.74, 6) is 1.19. The molecule has 0 aromatic heterocycles. The molecule has 4 heteroatoms. The van der Waals surface area contributed by atoms with E-state index in [1.54, 1.807) is 49.6 Å². The zero-order chi connectivity index (χ0) is 18.0. The lowest BCUT2D eigenvalue weighted by Crippen LogP contribution is -2.27. The Morgan fingerprint density at radius 1 is 1.24 bits per heavy atom. The monoisotopic (exact) mass is 336 g/mol. The fourth-order valence-corrected chi connectivity index (χ4v) is 2.63. The van der Waals surface area contributed by atoms with Gasteiger partial charge in [0.05, 0.1) is 12.7 Å². The summed E-state index contributed by atoms with van der Waals surface area (Å²) < 4.78 is 11.0. The maximum atomic E-state index is 12.3. The van der Waals surface area contributed by atoms with E-state index in [0.717, 1.165) is 0 Å². The van der Waals surface area contributed by atoms with Crippen molar-refractivity contribution in [2.24, 2.45) is 0 Å². The van der Waals surface area contributed by atoms with E-state index >= 15 is 0 Å². The van der Waals surface area contributed by atoms with E-state index in [4.69, 9.17) is 9.47 Å². The molecule has 25 heavy (non-hydrogen) atoms. The Morgan fingerprint density at radius 2 is 2.04 bits per heavy atom. The van der Waals surface area contributed by atoms with E-state index in [2.05, 4.69) is 0 Å². The van der Waals surface area contributed by atoms with Crippen LogP contribution in [0.25, 0.3) is 12.2 Å². The van der Waals surface area contributed by atoms with Gasteiger partial charge in [-0.2, -0.15) is 0 Å². The lowest BCUT2D eigenvalue weighted by atomic mass is 9.99. The van der Waals surface area contributed by atoms with Crippen LogP contribution in [-0.2, 0) is 0 Å². The average molecular weight is 336 g/mol. The Bertz CT molecular complexity index is 875. The molecule has 0 amide bonds. The van der Waals surface area contributed by atoms with Crippen molar-refractivity contribution < 1.29 is 19.4 Å². The predicted molar refractivity (Wildman–Crippen MR) is 98.2 cm³/mol. The van der Waals surface area contributed by atoms with Crippen LogP contribution in [0.3, 0.4) is 0 Å². The number of methoxy groups -OCH3 is 1. The first kappa shape index (κ1) is 16.8. The van der Waals surface area contributed by atoms with Gasteiger partial charge in [0.2, 0.25) is 0 Å². The SMILES string of the molecule is COc1cccc(C(=O)/C=C/c2ccc3c(c2O)C=CC(C)(C)O3)c1. The summed E-state index contributed by atoms with van der Waals surface area (Å²) in [5.41, 5.74) is 1.30. The normalized spacial score (nSPS) is 14.8. The quantitative estimate of drug-likeness (QED) is 0.660. The number of hydrogen-bond acceptors (Lipinski definition) is 4. The number of phenols is 1. The Hall–Kier alpha value is -3.01. The van der Waals surface area contributed by atoms with E-state index in [-0.39, 0.29) is 11.5 Å². The summed E-state index contributed by atoms with van der Waals surface area (Å²) in [7, 11) is 1.56. The lowest BCUT2D eigenvalue weighted by molar-refractivity contribution is 0.104. The summed E-state index contributed by atoms with van der Waals surface area (Å²) in [6.07, 6.45) is 6.78. The van der Waals surface area contributed by atoms with Crippen molar-refractivity contribution in [2.75, 3.05) is 7.11 Å². The van der Waals surface area contributed by atoms with E-state index in [0.29, 0.717) is 28.2 Å². The molecule has 0 bridgehead atoms. The van der Waals surface area contributed by atoms with E-state index in [1.807, 2.05) is 26.0 Å². The Balaban J connectivity index is 1.86. The zero-order valence-corrected chi connectivity index (χ0v) is 14.4. The molecule has 1 N–H and O–H groups in total. The lowest BCUT2D eigenvalue weighted by Gasteiger charge is -2.28. The maximum Gasteiger partial charge on any atom is 0.185 e. The number of carbonyl (C=O) groups excluding carboxylic acids is 1. The van der Waals surface area contributed by atoms with Crippen LogP contribution >= 0.6 is 0 Å². The molecule has 1 aliphatic rings. The highest BCUT2D eigenvalue weighted by atomic mass is 16.5.